The minimum atomic E-state index is -1.57. The summed E-state index contributed by atoms with van der Waals surface area (Å²) in [6, 6.07) is 5.10. The van der Waals surface area contributed by atoms with E-state index in [0.29, 0.717) is 0 Å². The highest BCUT2D eigenvalue weighted by atomic mass is 28.4. The van der Waals surface area contributed by atoms with Crippen LogP contribution in [0.25, 0.3) is 0 Å². The van der Waals surface area contributed by atoms with Gasteiger partial charge in [0, 0.05) is 13.2 Å². The van der Waals surface area contributed by atoms with E-state index < -0.39 is 16.6 Å². The highest BCUT2D eigenvalue weighted by Crippen LogP contribution is 2.32. The van der Waals surface area contributed by atoms with Crippen LogP contribution in [0, 0.1) is 0 Å². The maximum Gasteiger partial charge on any atom is 0.216 e. The van der Waals surface area contributed by atoms with Gasteiger partial charge in [0.1, 0.15) is 0 Å². The number of hydrogen-bond acceptors (Lipinski definition) is 2. The average Bonchev–Trinajstić information content (AvgIpc) is 2.53. The van der Waals surface area contributed by atoms with E-state index in [1.165, 1.54) is 62.7 Å². The molecule has 2 nitrogen and oxygen atoms in total. The molecule has 0 aromatic heterocycles. The predicted octanol–water partition coefficient (Wildman–Crippen LogP) is 4.73. The summed E-state index contributed by atoms with van der Waals surface area (Å²) in [7, 11) is -3.13. The van der Waals surface area contributed by atoms with Gasteiger partial charge in [-0.3, -0.25) is 0 Å². The fourth-order valence-corrected chi connectivity index (χ4v) is 10.1. The fraction of sp³-hybridized carbons (Fsp3) is 0.750. The molecular weight excluding hydrogens is 280 g/mol. The van der Waals surface area contributed by atoms with E-state index in [9.17, 15) is 0 Å². The first-order chi connectivity index (χ1) is 9.74. The monoisotopic (exact) mass is 310 g/mol. The molecular formula is C16H30O2Si2. The Labute approximate surface area is 126 Å². The maximum absolute atomic E-state index is 6.14. The smallest absolute Gasteiger partial charge is 0.216 e. The van der Waals surface area contributed by atoms with E-state index >= 15 is 0 Å². The molecule has 0 radical (unpaired) electrons. The molecule has 2 aliphatic rings. The Hall–Kier alpha value is -0.166. The van der Waals surface area contributed by atoms with E-state index in [0.717, 1.165) is 13.2 Å². The van der Waals surface area contributed by atoms with E-state index in [-0.39, 0.29) is 0 Å². The third-order valence-corrected chi connectivity index (χ3v) is 12.8. The summed E-state index contributed by atoms with van der Waals surface area (Å²) in [5, 5.41) is 0. The van der Waals surface area contributed by atoms with Crippen molar-refractivity contribution in [2.75, 3.05) is 13.2 Å². The Bertz CT molecular complexity index is 286. The molecule has 2 saturated heterocycles. The minimum absolute atomic E-state index is 0.965. The topological polar surface area (TPSA) is 18.5 Å². The zero-order valence-electron chi connectivity index (χ0n) is 12.9. The molecule has 0 aromatic carbocycles. The van der Waals surface area contributed by atoms with Gasteiger partial charge in [-0.15, -0.1) is 13.2 Å². The summed E-state index contributed by atoms with van der Waals surface area (Å²) in [5.74, 6) is 0. The fourth-order valence-electron chi connectivity index (χ4n) is 3.52. The van der Waals surface area contributed by atoms with Crippen LogP contribution in [0.4, 0.5) is 0 Å². The van der Waals surface area contributed by atoms with Crippen LogP contribution in [0.15, 0.2) is 24.6 Å². The van der Waals surface area contributed by atoms with Crippen LogP contribution in [0.1, 0.15) is 38.5 Å². The molecule has 2 atom stereocenters. The van der Waals surface area contributed by atoms with Crippen LogP contribution in [0.2, 0.25) is 24.2 Å². The molecule has 2 aliphatic heterocycles. The second kappa shape index (κ2) is 7.73. The molecule has 4 heteroatoms. The summed E-state index contributed by atoms with van der Waals surface area (Å²) in [4.78, 5) is 0. The third kappa shape index (κ3) is 4.16. The molecule has 2 fully saturated rings. The Balaban J connectivity index is 1.74. The van der Waals surface area contributed by atoms with Crippen molar-refractivity contribution in [2.24, 2.45) is 0 Å². The highest BCUT2D eigenvalue weighted by Gasteiger charge is 2.35. The van der Waals surface area contributed by atoms with Crippen molar-refractivity contribution in [3.8, 4) is 0 Å². The van der Waals surface area contributed by atoms with Gasteiger partial charge < -0.3 is 8.85 Å². The first-order valence-electron chi connectivity index (χ1n) is 8.29. The first-order valence-corrected chi connectivity index (χ1v) is 13.1. The van der Waals surface area contributed by atoms with Gasteiger partial charge >= 0.3 is 0 Å². The van der Waals surface area contributed by atoms with Gasteiger partial charge in [-0.1, -0.05) is 37.1 Å². The summed E-state index contributed by atoms with van der Waals surface area (Å²) in [5.41, 5.74) is 4.37. The molecule has 0 amide bonds. The number of unbranched alkanes of at least 4 members (excludes halogenated alkanes) is 1. The van der Waals surface area contributed by atoms with Crippen LogP contribution in [0.5, 0.6) is 0 Å². The second-order valence-corrected chi connectivity index (χ2v) is 14.0. The van der Waals surface area contributed by atoms with Crippen LogP contribution in [-0.2, 0) is 8.85 Å². The van der Waals surface area contributed by atoms with E-state index in [1.54, 1.807) is 0 Å². The SMILES string of the molecule is C=C[Si]1(CCCC[Si]2(C=C)CCCCO2)CCCCO1. The Kier molecular flexibility index (Phi) is 6.27. The summed E-state index contributed by atoms with van der Waals surface area (Å²) >= 11 is 0. The van der Waals surface area contributed by atoms with E-state index in [1.807, 2.05) is 0 Å². The molecule has 0 spiro atoms. The molecule has 0 N–H and O–H groups in total. The average molecular weight is 311 g/mol. The summed E-state index contributed by atoms with van der Waals surface area (Å²) < 4.78 is 12.3. The lowest BCUT2D eigenvalue weighted by molar-refractivity contribution is 0.270. The summed E-state index contributed by atoms with van der Waals surface area (Å²) in [6.45, 7) is 10.0. The zero-order chi connectivity index (χ0) is 14.3. The molecule has 114 valence electrons. The van der Waals surface area contributed by atoms with Crippen molar-refractivity contribution >= 4 is 16.6 Å². The van der Waals surface area contributed by atoms with Crippen molar-refractivity contribution in [3.05, 3.63) is 24.6 Å². The van der Waals surface area contributed by atoms with Crippen LogP contribution in [-0.4, -0.2) is 29.8 Å². The largest absolute Gasteiger partial charge is 0.413 e. The van der Waals surface area contributed by atoms with Gasteiger partial charge in [0.15, 0.2) is 0 Å². The van der Waals surface area contributed by atoms with Gasteiger partial charge in [0.25, 0.3) is 0 Å². The van der Waals surface area contributed by atoms with Gasteiger partial charge in [-0.2, -0.15) is 0 Å². The van der Waals surface area contributed by atoms with Crippen molar-refractivity contribution in [1.82, 2.24) is 0 Å². The lowest BCUT2D eigenvalue weighted by Gasteiger charge is -2.34. The molecule has 20 heavy (non-hydrogen) atoms. The predicted molar refractivity (Wildman–Crippen MR) is 90.7 cm³/mol. The number of hydrogen-bond donors (Lipinski definition) is 0. The Morgan fingerprint density at radius 2 is 1.20 bits per heavy atom. The van der Waals surface area contributed by atoms with Crippen molar-refractivity contribution < 1.29 is 8.85 Å². The molecule has 2 rings (SSSR count). The first kappa shape index (κ1) is 16.2. The van der Waals surface area contributed by atoms with Crippen LogP contribution >= 0.6 is 0 Å². The Morgan fingerprint density at radius 3 is 1.50 bits per heavy atom. The minimum Gasteiger partial charge on any atom is -0.413 e. The van der Waals surface area contributed by atoms with E-state index in [4.69, 9.17) is 8.85 Å². The van der Waals surface area contributed by atoms with Gasteiger partial charge in [0.05, 0.1) is 0 Å². The van der Waals surface area contributed by atoms with Gasteiger partial charge in [0.2, 0.25) is 16.6 Å². The van der Waals surface area contributed by atoms with Crippen LogP contribution < -0.4 is 0 Å². The normalized spacial score (nSPS) is 34.6. The standard InChI is InChI=1S/C16H30O2Si2/c1-3-19(13-7-5-11-17-19)15-9-10-16-20(4-2)14-8-6-12-18-20/h3-4H,1-2,5-16H2. The van der Waals surface area contributed by atoms with Crippen molar-refractivity contribution in [2.45, 2.75) is 62.7 Å². The molecule has 0 aliphatic carbocycles. The lowest BCUT2D eigenvalue weighted by Crippen LogP contribution is -2.40. The molecule has 2 heterocycles. The molecule has 2 unspecified atom stereocenters. The molecule has 0 aromatic rings. The Morgan fingerprint density at radius 1 is 0.750 bits per heavy atom. The molecule has 0 bridgehead atoms. The lowest BCUT2D eigenvalue weighted by atomic mass is 10.3. The van der Waals surface area contributed by atoms with Gasteiger partial charge in [-0.05, 0) is 37.0 Å². The molecule has 0 saturated carbocycles. The highest BCUT2D eigenvalue weighted by molar-refractivity contribution is 6.79. The van der Waals surface area contributed by atoms with Crippen LogP contribution in [0.3, 0.4) is 0 Å². The number of rotatable bonds is 7. The summed E-state index contributed by atoms with van der Waals surface area (Å²) in [6.07, 6.45) is 7.72. The van der Waals surface area contributed by atoms with E-state index in [2.05, 4.69) is 24.6 Å². The maximum atomic E-state index is 6.14. The second-order valence-electron chi connectivity index (χ2n) is 6.36. The zero-order valence-corrected chi connectivity index (χ0v) is 14.9. The van der Waals surface area contributed by atoms with Crippen molar-refractivity contribution in [3.63, 3.8) is 0 Å². The van der Waals surface area contributed by atoms with Gasteiger partial charge in [-0.25, -0.2) is 0 Å². The third-order valence-electron chi connectivity index (χ3n) is 4.96. The quantitative estimate of drug-likeness (QED) is 0.500. The van der Waals surface area contributed by atoms with Crippen molar-refractivity contribution in [1.29, 1.82) is 0 Å².